The molecule has 3 rings (SSSR count). The number of hydrogen-bond donors (Lipinski definition) is 0. The van der Waals surface area contributed by atoms with E-state index in [9.17, 15) is 17.6 Å². The zero-order valence-electron chi connectivity index (χ0n) is 18.2. The van der Waals surface area contributed by atoms with Crippen LogP contribution in [0.15, 0.2) is 42.5 Å². The SMILES string of the molecule is CCOc1ccc(C(=O)N2CCC(C)CC2)cc1CN(c1ccc(F)cc1)S(C)(=O)=O. The summed E-state index contributed by atoms with van der Waals surface area (Å²) in [5.74, 6) is 0.612. The van der Waals surface area contributed by atoms with Crippen molar-refractivity contribution in [1.29, 1.82) is 0 Å². The molecular formula is C23H29FN2O4S. The summed E-state index contributed by atoms with van der Waals surface area (Å²) >= 11 is 0. The van der Waals surface area contributed by atoms with E-state index in [0.717, 1.165) is 19.1 Å². The van der Waals surface area contributed by atoms with Crippen LogP contribution in [0.5, 0.6) is 5.75 Å². The highest BCUT2D eigenvalue weighted by Crippen LogP contribution is 2.28. The molecule has 0 spiro atoms. The molecule has 6 nitrogen and oxygen atoms in total. The molecule has 1 fully saturated rings. The van der Waals surface area contributed by atoms with E-state index in [1.807, 2.05) is 11.8 Å². The van der Waals surface area contributed by atoms with Crippen LogP contribution in [0.1, 0.15) is 42.6 Å². The average Bonchev–Trinajstić information content (AvgIpc) is 2.73. The fourth-order valence-electron chi connectivity index (χ4n) is 3.69. The molecule has 0 aromatic heterocycles. The van der Waals surface area contributed by atoms with Gasteiger partial charge in [-0.15, -0.1) is 0 Å². The minimum atomic E-state index is -3.66. The van der Waals surface area contributed by atoms with Gasteiger partial charge in [0.1, 0.15) is 11.6 Å². The van der Waals surface area contributed by atoms with Crippen LogP contribution in [-0.2, 0) is 16.6 Å². The summed E-state index contributed by atoms with van der Waals surface area (Å²) < 4.78 is 45.2. The summed E-state index contributed by atoms with van der Waals surface area (Å²) in [6.07, 6.45) is 3.05. The Kier molecular flexibility index (Phi) is 7.20. The topological polar surface area (TPSA) is 66.9 Å². The smallest absolute Gasteiger partial charge is 0.253 e. The second kappa shape index (κ2) is 9.68. The van der Waals surface area contributed by atoms with E-state index in [4.69, 9.17) is 4.74 Å². The van der Waals surface area contributed by atoms with Gasteiger partial charge >= 0.3 is 0 Å². The first-order chi connectivity index (χ1) is 14.7. The van der Waals surface area contributed by atoms with Gasteiger partial charge in [-0.05, 0) is 68.1 Å². The molecule has 1 amide bonds. The van der Waals surface area contributed by atoms with Crippen LogP contribution >= 0.6 is 0 Å². The Morgan fingerprint density at radius 1 is 1.16 bits per heavy atom. The largest absolute Gasteiger partial charge is 0.494 e. The number of anilines is 1. The van der Waals surface area contributed by atoms with Crippen molar-refractivity contribution >= 4 is 21.6 Å². The molecule has 0 radical (unpaired) electrons. The van der Waals surface area contributed by atoms with Crippen LogP contribution in [0.25, 0.3) is 0 Å². The van der Waals surface area contributed by atoms with Crippen molar-refractivity contribution in [3.05, 3.63) is 59.4 Å². The predicted octanol–water partition coefficient (Wildman–Crippen LogP) is 4.06. The molecule has 0 saturated carbocycles. The summed E-state index contributed by atoms with van der Waals surface area (Å²) in [6.45, 7) is 5.83. The lowest BCUT2D eigenvalue weighted by Gasteiger charge is -2.30. The van der Waals surface area contributed by atoms with Gasteiger partial charge in [-0.1, -0.05) is 6.92 Å². The third-order valence-electron chi connectivity index (χ3n) is 5.51. The van der Waals surface area contributed by atoms with Gasteiger partial charge in [0.25, 0.3) is 5.91 Å². The van der Waals surface area contributed by atoms with Crippen molar-refractivity contribution in [2.75, 3.05) is 30.3 Å². The molecule has 1 aliphatic rings. The number of nitrogens with zero attached hydrogens (tertiary/aromatic N) is 2. The maximum absolute atomic E-state index is 13.4. The fraction of sp³-hybridized carbons (Fsp3) is 0.435. The molecule has 168 valence electrons. The van der Waals surface area contributed by atoms with Gasteiger partial charge in [0.05, 0.1) is 25.1 Å². The van der Waals surface area contributed by atoms with Crippen LogP contribution in [0.3, 0.4) is 0 Å². The first-order valence-electron chi connectivity index (χ1n) is 10.5. The van der Waals surface area contributed by atoms with E-state index in [-0.39, 0.29) is 12.5 Å². The molecule has 0 N–H and O–H groups in total. The van der Waals surface area contributed by atoms with Crippen LogP contribution in [0, 0.1) is 11.7 Å². The van der Waals surface area contributed by atoms with Crippen molar-refractivity contribution in [1.82, 2.24) is 4.90 Å². The molecule has 0 unspecified atom stereocenters. The highest BCUT2D eigenvalue weighted by molar-refractivity contribution is 7.92. The summed E-state index contributed by atoms with van der Waals surface area (Å²) in [6, 6.07) is 10.4. The van der Waals surface area contributed by atoms with E-state index < -0.39 is 15.8 Å². The fourth-order valence-corrected chi connectivity index (χ4v) is 4.57. The maximum Gasteiger partial charge on any atom is 0.253 e. The zero-order valence-corrected chi connectivity index (χ0v) is 19.0. The molecule has 8 heteroatoms. The standard InChI is InChI=1S/C23H29FN2O4S/c1-4-30-22-10-5-18(23(27)25-13-11-17(2)12-14-25)15-19(22)16-26(31(3,28)29)21-8-6-20(24)7-9-21/h5-10,15,17H,4,11-14,16H2,1-3H3. The minimum Gasteiger partial charge on any atom is -0.494 e. The van der Waals surface area contributed by atoms with Gasteiger partial charge < -0.3 is 9.64 Å². The number of hydrogen-bond acceptors (Lipinski definition) is 4. The third kappa shape index (κ3) is 5.76. The van der Waals surface area contributed by atoms with Crippen LogP contribution in [-0.4, -0.2) is 45.2 Å². The number of amides is 1. The van der Waals surface area contributed by atoms with Crippen molar-refractivity contribution in [3.8, 4) is 5.75 Å². The molecule has 0 bridgehead atoms. The number of carbonyl (C=O) groups excluding carboxylic acids is 1. The molecule has 0 aliphatic carbocycles. The average molecular weight is 449 g/mol. The molecule has 1 aliphatic heterocycles. The van der Waals surface area contributed by atoms with Gasteiger partial charge in [-0.3, -0.25) is 9.10 Å². The Balaban J connectivity index is 1.94. The van der Waals surface area contributed by atoms with E-state index in [0.29, 0.717) is 48.2 Å². The van der Waals surface area contributed by atoms with Crippen LogP contribution in [0.4, 0.5) is 10.1 Å². The molecule has 1 saturated heterocycles. The lowest BCUT2D eigenvalue weighted by molar-refractivity contribution is 0.0697. The normalized spacial score (nSPS) is 15.0. The maximum atomic E-state index is 13.4. The first-order valence-corrected chi connectivity index (χ1v) is 12.3. The molecule has 2 aromatic carbocycles. The Labute approximate surface area is 183 Å². The van der Waals surface area contributed by atoms with Gasteiger partial charge in [-0.2, -0.15) is 0 Å². The second-order valence-corrected chi connectivity index (χ2v) is 9.88. The van der Waals surface area contributed by atoms with Crippen molar-refractivity contribution in [2.45, 2.75) is 33.2 Å². The molecule has 2 aromatic rings. The third-order valence-corrected chi connectivity index (χ3v) is 6.65. The van der Waals surface area contributed by atoms with Gasteiger partial charge in [0.2, 0.25) is 10.0 Å². The lowest BCUT2D eigenvalue weighted by Crippen LogP contribution is -2.38. The number of carbonyl (C=O) groups is 1. The van der Waals surface area contributed by atoms with E-state index in [1.54, 1.807) is 18.2 Å². The Morgan fingerprint density at radius 3 is 2.39 bits per heavy atom. The zero-order chi connectivity index (χ0) is 22.6. The predicted molar refractivity (Wildman–Crippen MR) is 119 cm³/mol. The Hall–Kier alpha value is -2.61. The van der Waals surface area contributed by atoms with Crippen molar-refractivity contribution < 1.29 is 22.3 Å². The summed E-state index contributed by atoms with van der Waals surface area (Å²) in [5, 5.41) is 0. The minimum absolute atomic E-state index is 0.0298. The highest BCUT2D eigenvalue weighted by Gasteiger charge is 2.24. The lowest BCUT2D eigenvalue weighted by atomic mass is 9.98. The molecule has 1 heterocycles. The van der Waals surface area contributed by atoms with Gasteiger partial charge in [0.15, 0.2) is 0 Å². The number of benzene rings is 2. The number of likely N-dealkylation sites (tertiary alicyclic amines) is 1. The summed E-state index contributed by atoms with van der Waals surface area (Å²) in [7, 11) is -3.66. The Morgan fingerprint density at radius 2 is 1.81 bits per heavy atom. The van der Waals surface area contributed by atoms with E-state index in [1.165, 1.54) is 28.6 Å². The highest BCUT2D eigenvalue weighted by atomic mass is 32.2. The number of piperidine rings is 1. The number of ether oxygens (including phenoxy) is 1. The molecule has 31 heavy (non-hydrogen) atoms. The Bertz CT molecular complexity index is 1020. The first kappa shape index (κ1) is 23.1. The second-order valence-electron chi connectivity index (χ2n) is 7.98. The van der Waals surface area contributed by atoms with E-state index >= 15 is 0 Å². The number of sulfonamides is 1. The van der Waals surface area contributed by atoms with Gasteiger partial charge in [-0.25, -0.2) is 12.8 Å². The van der Waals surface area contributed by atoms with Crippen molar-refractivity contribution in [3.63, 3.8) is 0 Å². The summed E-state index contributed by atoms with van der Waals surface area (Å²) in [4.78, 5) is 14.9. The molecular weight excluding hydrogens is 419 g/mol. The quantitative estimate of drug-likeness (QED) is 0.641. The number of halogens is 1. The van der Waals surface area contributed by atoms with Crippen LogP contribution in [0.2, 0.25) is 0 Å². The number of rotatable bonds is 7. The molecule has 0 atom stereocenters. The summed E-state index contributed by atoms with van der Waals surface area (Å²) in [5.41, 5.74) is 1.42. The van der Waals surface area contributed by atoms with Gasteiger partial charge in [0, 0.05) is 24.2 Å². The van der Waals surface area contributed by atoms with E-state index in [2.05, 4.69) is 6.92 Å². The monoisotopic (exact) mass is 448 g/mol. The van der Waals surface area contributed by atoms with Crippen molar-refractivity contribution in [2.24, 2.45) is 5.92 Å². The van der Waals surface area contributed by atoms with Crippen LogP contribution < -0.4 is 9.04 Å².